The number of carbonyl (C=O) groups is 1. The molecule has 0 aromatic heterocycles. The van der Waals surface area contributed by atoms with Crippen LogP contribution in [0.1, 0.15) is 24.1 Å². The van der Waals surface area contributed by atoms with Crippen LogP contribution in [0.4, 0.5) is 0 Å². The van der Waals surface area contributed by atoms with Crippen molar-refractivity contribution in [1.29, 1.82) is 0 Å². The second-order valence-corrected chi connectivity index (χ2v) is 6.83. The van der Waals surface area contributed by atoms with E-state index in [2.05, 4.69) is 46.7 Å². The molecule has 8 heteroatoms. The molecule has 1 aromatic carbocycles. The van der Waals surface area contributed by atoms with E-state index >= 15 is 0 Å². The van der Waals surface area contributed by atoms with Gasteiger partial charge in [0.05, 0.1) is 32.0 Å². The minimum atomic E-state index is -0.281. The van der Waals surface area contributed by atoms with E-state index in [0.717, 1.165) is 26.3 Å². The molecule has 2 fully saturated rings. The molecule has 2 aliphatic rings. The van der Waals surface area contributed by atoms with Gasteiger partial charge < -0.3 is 20.1 Å². The average Bonchev–Trinajstić information content (AvgIpc) is 2.63. The molecule has 0 bridgehead atoms. The third kappa shape index (κ3) is 6.59. The van der Waals surface area contributed by atoms with E-state index in [4.69, 9.17) is 9.47 Å². The molecule has 2 saturated heterocycles. The summed E-state index contributed by atoms with van der Waals surface area (Å²) >= 11 is 0. The van der Waals surface area contributed by atoms with Crippen LogP contribution in [0, 0.1) is 6.92 Å². The van der Waals surface area contributed by atoms with Crippen molar-refractivity contribution in [2.75, 3.05) is 46.0 Å². The van der Waals surface area contributed by atoms with Crippen molar-refractivity contribution in [2.45, 2.75) is 32.0 Å². The van der Waals surface area contributed by atoms with Gasteiger partial charge in [0, 0.05) is 26.2 Å². The quantitative estimate of drug-likeness (QED) is 0.760. The van der Waals surface area contributed by atoms with Crippen LogP contribution in [0.5, 0.6) is 0 Å². The maximum absolute atomic E-state index is 12.6. The third-order valence-electron chi connectivity index (χ3n) is 4.98. The molecule has 3 rings (SSSR count). The van der Waals surface area contributed by atoms with Crippen LogP contribution in [0.2, 0.25) is 0 Å². The van der Waals surface area contributed by atoms with Gasteiger partial charge in [0.25, 0.3) is 0 Å². The maximum atomic E-state index is 12.6. The van der Waals surface area contributed by atoms with E-state index < -0.39 is 0 Å². The minimum Gasteiger partial charge on any atom is -0.379 e. The zero-order valence-corrected chi connectivity index (χ0v) is 17.6. The molecule has 1 unspecified atom stereocenters. The van der Waals surface area contributed by atoms with E-state index in [1.54, 1.807) is 0 Å². The Morgan fingerprint density at radius 1 is 1.30 bits per heavy atom. The van der Waals surface area contributed by atoms with E-state index in [-0.39, 0.29) is 48.9 Å². The van der Waals surface area contributed by atoms with Crippen molar-refractivity contribution in [3.8, 4) is 0 Å². The average molecular weight is 420 g/mol. The standard InChI is InChI=1S/C19H29N3O3.2ClH/c1-14-4-3-5-16(12-14)17(22-7-10-24-11-8-22)13-21-19(23)18-15(2)25-9-6-20-18;;/h3-5,12,15,17-18,20H,6-11,13H2,1-2H3,(H,21,23);2*1H/t15-,17?,18+;;/m1../s1. The molecule has 0 aliphatic carbocycles. The summed E-state index contributed by atoms with van der Waals surface area (Å²) in [4.78, 5) is 15.0. The fourth-order valence-electron chi connectivity index (χ4n) is 3.56. The van der Waals surface area contributed by atoms with Gasteiger partial charge in [-0.1, -0.05) is 29.8 Å². The lowest BCUT2D eigenvalue weighted by Crippen LogP contribution is -2.56. The van der Waals surface area contributed by atoms with Crippen molar-refractivity contribution in [3.63, 3.8) is 0 Å². The number of morpholine rings is 2. The van der Waals surface area contributed by atoms with Crippen LogP contribution in [0.3, 0.4) is 0 Å². The first-order valence-electron chi connectivity index (χ1n) is 9.16. The largest absolute Gasteiger partial charge is 0.379 e. The van der Waals surface area contributed by atoms with E-state index in [1.165, 1.54) is 11.1 Å². The van der Waals surface area contributed by atoms with Gasteiger partial charge in [-0.25, -0.2) is 0 Å². The SMILES string of the molecule is Cc1cccc(C(CNC(=O)[C@H]2NCCO[C@@H]2C)N2CCOCC2)c1.Cl.Cl. The summed E-state index contributed by atoms with van der Waals surface area (Å²) in [5.41, 5.74) is 2.47. The lowest BCUT2D eigenvalue weighted by Gasteiger charge is -2.36. The summed E-state index contributed by atoms with van der Waals surface area (Å²) in [6, 6.07) is 8.41. The number of nitrogens with zero attached hydrogens (tertiary/aromatic N) is 1. The summed E-state index contributed by atoms with van der Waals surface area (Å²) in [5.74, 6) is 0.0121. The van der Waals surface area contributed by atoms with Crippen molar-refractivity contribution >= 4 is 30.7 Å². The number of aryl methyl sites for hydroxylation is 1. The molecule has 2 heterocycles. The first kappa shape index (κ1) is 24.1. The van der Waals surface area contributed by atoms with E-state index in [1.807, 2.05) is 6.92 Å². The highest BCUT2D eigenvalue weighted by Gasteiger charge is 2.30. The zero-order valence-electron chi connectivity index (χ0n) is 16.0. The fraction of sp³-hybridized carbons (Fsp3) is 0.632. The molecule has 3 atom stereocenters. The summed E-state index contributed by atoms with van der Waals surface area (Å²) in [5, 5.41) is 6.38. The molecular weight excluding hydrogens is 389 g/mol. The number of nitrogens with one attached hydrogen (secondary N) is 2. The number of benzene rings is 1. The van der Waals surface area contributed by atoms with Gasteiger partial charge in [0.2, 0.25) is 5.91 Å². The first-order chi connectivity index (χ1) is 12.1. The predicted octanol–water partition coefficient (Wildman–Crippen LogP) is 1.71. The van der Waals surface area contributed by atoms with Crippen LogP contribution in [-0.2, 0) is 14.3 Å². The normalized spacial score (nSPS) is 24.2. The Morgan fingerprint density at radius 3 is 2.70 bits per heavy atom. The first-order valence-corrected chi connectivity index (χ1v) is 9.16. The highest BCUT2D eigenvalue weighted by Crippen LogP contribution is 2.22. The van der Waals surface area contributed by atoms with Gasteiger partial charge in [0.15, 0.2) is 0 Å². The molecule has 2 aliphatic heterocycles. The maximum Gasteiger partial charge on any atom is 0.239 e. The molecule has 1 aromatic rings. The van der Waals surface area contributed by atoms with Crippen molar-refractivity contribution < 1.29 is 14.3 Å². The summed E-state index contributed by atoms with van der Waals surface area (Å²) < 4.78 is 11.1. The zero-order chi connectivity index (χ0) is 17.6. The number of halogens is 2. The van der Waals surface area contributed by atoms with Crippen molar-refractivity contribution in [1.82, 2.24) is 15.5 Å². The Hall–Kier alpha value is -0.890. The molecular formula is C19H31Cl2N3O3. The third-order valence-corrected chi connectivity index (χ3v) is 4.98. The Balaban J connectivity index is 0.00000182. The van der Waals surface area contributed by atoms with Gasteiger partial charge >= 0.3 is 0 Å². The molecule has 6 nitrogen and oxygen atoms in total. The van der Waals surface area contributed by atoms with Gasteiger partial charge in [-0.15, -0.1) is 24.8 Å². The smallest absolute Gasteiger partial charge is 0.239 e. The highest BCUT2D eigenvalue weighted by molar-refractivity contribution is 5.85. The number of ether oxygens (including phenoxy) is 2. The number of hydrogen-bond donors (Lipinski definition) is 2. The van der Waals surface area contributed by atoms with Crippen LogP contribution < -0.4 is 10.6 Å². The molecule has 0 spiro atoms. The Kier molecular flexibility index (Phi) is 10.6. The second-order valence-electron chi connectivity index (χ2n) is 6.83. The van der Waals surface area contributed by atoms with Gasteiger partial charge in [0.1, 0.15) is 6.04 Å². The monoisotopic (exact) mass is 419 g/mol. The van der Waals surface area contributed by atoms with Crippen LogP contribution in [-0.4, -0.2) is 69.0 Å². The Bertz CT molecular complexity index is 585. The molecule has 0 saturated carbocycles. The number of carbonyl (C=O) groups excluding carboxylic acids is 1. The Labute approximate surface area is 174 Å². The van der Waals surface area contributed by atoms with Crippen LogP contribution in [0.25, 0.3) is 0 Å². The number of rotatable bonds is 5. The lowest BCUT2D eigenvalue weighted by molar-refractivity contribution is -0.129. The van der Waals surface area contributed by atoms with Gasteiger partial charge in [-0.2, -0.15) is 0 Å². The van der Waals surface area contributed by atoms with Gasteiger partial charge in [-0.05, 0) is 19.4 Å². The molecule has 154 valence electrons. The summed E-state index contributed by atoms with van der Waals surface area (Å²) in [6.07, 6.45) is -0.102. The Morgan fingerprint density at radius 2 is 2.04 bits per heavy atom. The second kappa shape index (κ2) is 11.8. The fourth-order valence-corrected chi connectivity index (χ4v) is 3.56. The van der Waals surface area contributed by atoms with Crippen LogP contribution in [0.15, 0.2) is 24.3 Å². The molecule has 1 amide bonds. The van der Waals surface area contributed by atoms with Crippen molar-refractivity contribution in [3.05, 3.63) is 35.4 Å². The highest BCUT2D eigenvalue weighted by atomic mass is 35.5. The predicted molar refractivity (Wildman–Crippen MR) is 111 cm³/mol. The summed E-state index contributed by atoms with van der Waals surface area (Å²) in [6.45, 7) is 9.26. The summed E-state index contributed by atoms with van der Waals surface area (Å²) in [7, 11) is 0. The minimum absolute atomic E-state index is 0. The van der Waals surface area contributed by atoms with E-state index in [9.17, 15) is 4.79 Å². The number of hydrogen-bond acceptors (Lipinski definition) is 5. The molecule has 2 N–H and O–H groups in total. The van der Waals surface area contributed by atoms with E-state index in [0.29, 0.717) is 19.7 Å². The van der Waals surface area contributed by atoms with Crippen molar-refractivity contribution in [2.24, 2.45) is 0 Å². The molecule has 27 heavy (non-hydrogen) atoms. The van der Waals surface area contributed by atoms with Gasteiger partial charge in [-0.3, -0.25) is 9.69 Å². The topological polar surface area (TPSA) is 62.8 Å². The lowest BCUT2D eigenvalue weighted by atomic mass is 10.0. The molecule has 0 radical (unpaired) electrons. The van der Waals surface area contributed by atoms with Crippen LogP contribution >= 0.6 is 24.8 Å². The number of amides is 1.